The van der Waals surface area contributed by atoms with Crippen LogP contribution in [0, 0.1) is 18.8 Å². The van der Waals surface area contributed by atoms with Crippen LogP contribution in [0.4, 0.5) is 34.1 Å². The monoisotopic (exact) mass is 921 g/mol. The van der Waals surface area contributed by atoms with Gasteiger partial charge in [0.25, 0.3) is 0 Å². The van der Waals surface area contributed by atoms with Gasteiger partial charge in [0.2, 0.25) is 0 Å². The van der Waals surface area contributed by atoms with E-state index in [0.717, 1.165) is 12.8 Å². The topological polar surface area (TPSA) is 6.48 Å². The van der Waals surface area contributed by atoms with Crippen molar-refractivity contribution in [2.45, 2.75) is 130 Å². The van der Waals surface area contributed by atoms with Crippen LogP contribution in [0.3, 0.4) is 0 Å². The molecule has 0 heterocycles. The van der Waals surface area contributed by atoms with Crippen molar-refractivity contribution in [3.8, 4) is 0 Å². The minimum absolute atomic E-state index is 0.334. The number of aryl methyl sites for hydroxylation is 1. The van der Waals surface area contributed by atoms with Crippen LogP contribution in [-0.2, 0) is 6.42 Å². The van der Waals surface area contributed by atoms with Crippen molar-refractivity contribution in [1.82, 2.24) is 0 Å². The van der Waals surface area contributed by atoms with E-state index >= 15 is 0 Å². The number of benzene rings is 7. The standard InChI is InChI=1S/C68H76N2/c1-6-8-10-12-26-36-63(53-38-42-61(43-39-53)69(57-28-18-14-19-29-57)58-30-20-15-21-31-58)65-49-66-55(46-50(65)3)48-56-47-51(4)67(52(5)68(56)66)64(37-27-13-11-9-7-2)54-40-44-62(45-41-54)70(59-32-22-16-23-33-59)60-34-24-17-25-35-60/h14-25,28-35,38-47,49,52,63-64,67H,6-13,26-27,36-37,48H2,1-5H3. The summed E-state index contributed by atoms with van der Waals surface area (Å²) in [5.41, 5.74) is 20.7. The maximum atomic E-state index is 2.68. The molecule has 0 fully saturated rings. The van der Waals surface area contributed by atoms with Gasteiger partial charge in [-0.15, -0.1) is 0 Å². The number of nitrogens with zero attached hydrogens (tertiary/aromatic N) is 2. The van der Waals surface area contributed by atoms with E-state index in [1.165, 1.54) is 138 Å². The fourth-order valence-corrected chi connectivity index (χ4v) is 12.2. The number of allylic oxidation sites excluding steroid dienone is 4. The Hall–Kier alpha value is -6.38. The van der Waals surface area contributed by atoms with Gasteiger partial charge in [-0.05, 0) is 168 Å². The summed E-state index contributed by atoms with van der Waals surface area (Å²) in [5.74, 6) is 1.62. The van der Waals surface area contributed by atoms with Gasteiger partial charge in [-0.25, -0.2) is 0 Å². The van der Waals surface area contributed by atoms with Crippen molar-refractivity contribution in [2.24, 2.45) is 11.8 Å². The molecule has 2 aliphatic rings. The number of rotatable bonds is 22. The van der Waals surface area contributed by atoms with Crippen LogP contribution in [0.5, 0.6) is 0 Å². The number of anilines is 6. The minimum atomic E-state index is 0.334. The average molecular weight is 921 g/mol. The number of para-hydroxylation sites is 4. The van der Waals surface area contributed by atoms with Gasteiger partial charge in [-0.3, -0.25) is 0 Å². The van der Waals surface area contributed by atoms with Gasteiger partial charge in [0.1, 0.15) is 0 Å². The summed E-state index contributed by atoms with van der Waals surface area (Å²) < 4.78 is 0. The lowest BCUT2D eigenvalue weighted by Gasteiger charge is -2.38. The van der Waals surface area contributed by atoms with Crippen LogP contribution in [0.15, 0.2) is 199 Å². The van der Waals surface area contributed by atoms with E-state index in [-0.39, 0.29) is 0 Å². The first kappa shape index (κ1) is 48.6. The third-order valence-corrected chi connectivity index (χ3v) is 15.6. The highest BCUT2D eigenvalue weighted by Crippen LogP contribution is 2.53. The third kappa shape index (κ3) is 11.0. The van der Waals surface area contributed by atoms with Gasteiger partial charge >= 0.3 is 0 Å². The normalized spacial score (nSPS) is 16.0. The molecule has 0 saturated carbocycles. The first-order valence-electron chi connectivity index (χ1n) is 27.0. The lowest BCUT2D eigenvalue weighted by atomic mass is 9.66. The second-order valence-electron chi connectivity index (χ2n) is 20.4. The Balaban J connectivity index is 1.04. The van der Waals surface area contributed by atoms with Gasteiger partial charge in [-0.1, -0.05) is 206 Å². The summed E-state index contributed by atoms with van der Waals surface area (Å²) in [5, 5.41) is 0. The summed E-state index contributed by atoms with van der Waals surface area (Å²) in [6.45, 7) is 12.1. The summed E-state index contributed by atoms with van der Waals surface area (Å²) in [6, 6.07) is 67.8. The molecule has 7 aromatic rings. The van der Waals surface area contributed by atoms with Crippen molar-refractivity contribution in [2.75, 3.05) is 9.80 Å². The lowest BCUT2D eigenvalue weighted by molar-refractivity contribution is 0.372. The van der Waals surface area contributed by atoms with E-state index in [2.05, 4.69) is 232 Å². The lowest BCUT2D eigenvalue weighted by Crippen LogP contribution is -2.25. The summed E-state index contributed by atoms with van der Waals surface area (Å²) in [6.07, 6.45) is 19.0. The van der Waals surface area contributed by atoms with Gasteiger partial charge in [0, 0.05) is 40.0 Å². The number of unbranched alkanes of at least 4 members (excludes halogenated alkanes) is 8. The Morgan fingerprint density at radius 2 is 0.900 bits per heavy atom. The molecule has 4 unspecified atom stereocenters. The molecule has 0 N–H and O–H groups in total. The van der Waals surface area contributed by atoms with Gasteiger partial charge < -0.3 is 9.80 Å². The largest absolute Gasteiger partial charge is 0.311 e. The molecule has 9 rings (SSSR count). The molecular weight excluding hydrogens is 845 g/mol. The van der Waals surface area contributed by atoms with Crippen LogP contribution >= 0.6 is 0 Å². The molecule has 2 nitrogen and oxygen atoms in total. The van der Waals surface area contributed by atoms with Crippen LogP contribution in [0.25, 0.3) is 5.57 Å². The van der Waals surface area contributed by atoms with Gasteiger partial charge in [-0.2, -0.15) is 0 Å². The molecule has 0 aromatic heterocycles. The van der Waals surface area contributed by atoms with Gasteiger partial charge in [0.15, 0.2) is 0 Å². The first-order valence-corrected chi connectivity index (χ1v) is 27.0. The molecule has 2 aliphatic carbocycles. The third-order valence-electron chi connectivity index (χ3n) is 15.6. The zero-order valence-electron chi connectivity index (χ0n) is 42.8. The zero-order chi connectivity index (χ0) is 48.2. The molecule has 0 bridgehead atoms. The molecule has 2 heteroatoms. The van der Waals surface area contributed by atoms with Gasteiger partial charge in [0.05, 0.1) is 0 Å². The predicted octanol–water partition coefficient (Wildman–Crippen LogP) is 20.1. The molecule has 70 heavy (non-hydrogen) atoms. The Kier molecular flexibility index (Phi) is 16.3. The smallest absolute Gasteiger partial charge is 0.0461 e. The molecule has 0 saturated heterocycles. The minimum Gasteiger partial charge on any atom is -0.311 e. The second-order valence-corrected chi connectivity index (χ2v) is 20.4. The molecule has 0 amide bonds. The van der Waals surface area contributed by atoms with Crippen LogP contribution in [0.1, 0.15) is 150 Å². The Bertz CT molecular complexity index is 2710. The van der Waals surface area contributed by atoms with E-state index < -0.39 is 0 Å². The Labute approximate surface area is 421 Å². The molecule has 0 aliphatic heterocycles. The Morgan fingerprint density at radius 1 is 0.471 bits per heavy atom. The van der Waals surface area contributed by atoms with Crippen molar-refractivity contribution in [3.63, 3.8) is 0 Å². The Morgan fingerprint density at radius 3 is 1.37 bits per heavy atom. The number of fused-ring (bicyclic) bond motifs is 2. The average Bonchev–Trinajstić information content (AvgIpc) is 3.75. The molecule has 7 aromatic carbocycles. The SMILES string of the molecule is CCCCCCCC(c1ccc(N(c2ccccc2)c2ccccc2)cc1)c1cc2c(cc1C)CC1=C2C(C)C(C(CCCCCCC)c2ccc(N(c3ccccc3)c3ccccc3)cc2)C(C)=C1. The summed E-state index contributed by atoms with van der Waals surface area (Å²) >= 11 is 0. The van der Waals surface area contributed by atoms with E-state index in [0.29, 0.717) is 23.7 Å². The van der Waals surface area contributed by atoms with Crippen LogP contribution in [-0.4, -0.2) is 0 Å². The second kappa shape index (κ2) is 23.5. The van der Waals surface area contributed by atoms with E-state index in [1.54, 1.807) is 16.7 Å². The highest BCUT2D eigenvalue weighted by atomic mass is 15.1. The quantitative estimate of drug-likeness (QED) is 0.0625. The number of hydrogen-bond acceptors (Lipinski definition) is 2. The number of hydrogen-bond donors (Lipinski definition) is 0. The molecule has 0 spiro atoms. The molecule has 0 radical (unpaired) electrons. The van der Waals surface area contributed by atoms with Crippen molar-refractivity contribution in [3.05, 3.63) is 233 Å². The zero-order valence-corrected chi connectivity index (χ0v) is 42.8. The van der Waals surface area contributed by atoms with E-state index in [1.807, 2.05) is 0 Å². The van der Waals surface area contributed by atoms with E-state index in [9.17, 15) is 0 Å². The van der Waals surface area contributed by atoms with Crippen molar-refractivity contribution >= 4 is 39.7 Å². The summed E-state index contributed by atoms with van der Waals surface area (Å²) in [4.78, 5) is 4.77. The molecule has 4 atom stereocenters. The molecule has 358 valence electrons. The maximum absolute atomic E-state index is 2.68. The van der Waals surface area contributed by atoms with Crippen LogP contribution < -0.4 is 9.80 Å². The maximum Gasteiger partial charge on any atom is 0.0461 e. The van der Waals surface area contributed by atoms with Crippen molar-refractivity contribution in [1.29, 1.82) is 0 Å². The molecular formula is C68H76N2. The highest BCUT2D eigenvalue weighted by Gasteiger charge is 2.39. The van der Waals surface area contributed by atoms with Crippen LogP contribution in [0.2, 0.25) is 0 Å². The fraction of sp³-hybridized carbons (Fsp3) is 0.324. The predicted molar refractivity (Wildman–Crippen MR) is 302 cm³/mol. The fourth-order valence-electron chi connectivity index (χ4n) is 12.2. The first-order chi connectivity index (χ1) is 34.4. The van der Waals surface area contributed by atoms with Crippen molar-refractivity contribution < 1.29 is 0 Å². The highest BCUT2D eigenvalue weighted by molar-refractivity contribution is 5.83. The summed E-state index contributed by atoms with van der Waals surface area (Å²) in [7, 11) is 0. The van der Waals surface area contributed by atoms with E-state index in [4.69, 9.17) is 0 Å².